The van der Waals surface area contributed by atoms with Gasteiger partial charge in [0, 0.05) is 6.61 Å². The monoisotopic (exact) mass is 404 g/mol. The Morgan fingerprint density at radius 3 is 2.10 bits per heavy atom. The molecule has 1 aliphatic rings. The topological polar surface area (TPSA) is 9.23 Å². The smallest absolute Gasteiger partial charge is 0.0716 e. The standard InChI is InChI=1S/C29H40O/c1-3-5-7-9-24-10-14-26(15-11-24)28-18-20-29(21-19-28)27-16-12-25(13-17-27)23-30-22-8-6-4-2/h5,7,12-13,16-21,24,26H,3-4,6,8-11,14-15,22-23H2,1-2H3/t24-,26-. The van der Waals surface area contributed by atoms with Gasteiger partial charge >= 0.3 is 0 Å². The van der Waals surface area contributed by atoms with E-state index in [0.29, 0.717) is 0 Å². The lowest BCUT2D eigenvalue weighted by atomic mass is 9.77. The maximum Gasteiger partial charge on any atom is 0.0716 e. The number of hydrogen-bond acceptors (Lipinski definition) is 1. The number of hydrogen-bond donors (Lipinski definition) is 0. The van der Waals surface area contributed by atoms with Gasteiger partial charge in [-0.25, -0.2) is 0 Å². The molecule has 0 saturated heterocycles. The third kappa shape index (κ3) is 7.13. The van der Waals surface area contributed by atoms with E-state index in [9.17, 15) is 0 Å². The zero-order chi connectivity index (χ0) is 21.0. The lowest BCUT2D eigenvalue weighted by Gasteiger charge is -2.28. The van der Waals surface area contributed by atoms with Crippen molar-refractivity contribution in [2.24, 2.45) is 5.92 Å². The Hall–Kier alpha value is -1.86. The molecular weight excluding hydrogens is 364 g/mol. The molecule has 162 valence electrons. The van der Waals surface area contributed by atoms with Crippen LogP contribution >= 0.6 is 0 Å². The van der Waals surface area contributed by atoms with Gasteiger partial charge in [-0.15, -0.1) is 0 Å². The van der Waals surface area contributed by atoms with E-state index < -0.39 is 0 Å². The minimum atomic E-state index is 0.722. The second-order valence-corrected chi connectivity index (χ2v) is 8.91. The third-order valence-corrected chi connectivity index (χ3v) is 6.55. The van der Waals surface area contributed by atoms with Crippen LogP contribution in [0.2, 0.25) is 0 Å². The van der Waals surface area contributed by atoms with Crippen LogP contribution in [0.25, 0.3) is 11.1 Å². The average molecular weight is 405 g/mol. The summed E-state index contributed by atoms with van der Waals surface area (Å²) in [5.41, 5.74) is 5.39. The molecule has 2 aromatic rings. The summed E-state index contributed by atoms with van der Waals surface area (Å²) in [5, 5.41) is 0. The summed E-state index contributed by atoms with van der Waals surface area (Å²) in [5.74, 6) is 1.65. The number of benzene rings is 2. The van der Waals surface area contributed by atoms with Crippen molar-refractivity contribution in [2.75, 3.05) is 6.61 Å². The first-order chi connectivity index (χ1) is 14.8. The Labute approximate surface area is 184 Å². The predicted molar refractivity (Wildman–Crippen MR) is 130 cm³/mol. The van der Waals surface area contributed by atoms with E-state index in [0.717, 1.165) is 31.5 Å². The summed E-state index contributed by atoms with van der Waals surface area (Å²) in [7, 11) is 0. The molecule has 0 amide bonds. The van der Waals surface area contributed by atoms with Crippen LogP contribution in [0.5, 0.6) is 0 Å². The van der Waals surface area contributed by atoms with Gasteiger partial charge in [-0.2, -0.15) is 0 Å². The minimum Gasteiger partial charge on any atom is -0.377 e. The van der Waals surface area contributed by atoms with Gasteiger partial charge in [0.05, 0.1) is 6.61 Å². The highest BCUT2D eigenvalue weighted by Gasteiger charge is 2.21. The molecule has 0 unspecified atom stereocenters. The number of allylic oxidation sites excluding steroid dienone is 2. The maximum absolute atomic E-state index is 5.78. The quantitative estimate of drug-likeness (QED) is 0.269. The van der Waals surface area contributed by atoms with E-state index in [1.807, 2.05) is 0 Å². The third-order valence-electron chi connectivity index (χ3n) is 6.55. The molecule has 0 spiro atoms. The van der Waals surface area contributed by atoms with Gasteiger partial charge in [0.25, 0.3) is 0 Å². The van der Waals surface area contributed by atoms with Crippen LogP contribution in [0, 0.1) is 5.92 Å². The van der Waals surface area contributed by atoms with Crippen LogP contribution in [-0.4, -0.2) is 6.61 Å². The molecule has 0 aliphatic heterocycles. The zero-order valence-electron chi connectivity index (χ0n) is 19.1. The maximum atomic E-state index is 5.78. The average Bonchev–Trinajstić information content (AvgIpc) is 2.80. The lowest BCUT2D eigenvalue weighted by molar-refractivity contribution is 0.117. The fourth-order valence-electron chi connectivity index (χ4n) is 4.57. The van der Waals surface area contributed by atoms with E-state index in [4.69, 9.17) is 4.74 Å². The summed E-state index contributed by atoms with van der Waals surface area (Å²) >= 11 is 0. The molecule has 1 fully saturated rings. The molecule has 0 aromatic heterocycles. The van der Waals surface area contributed by atoms with Crippen LogP contribution in [0.15, 0.2) is 60.7 Å². The molecule has 0 heterocycles. The summed E-state index contributed by atoms with van der Waals surface area (Å²) in [6.07, 6.45) is 16.3. The first-order valence-corrected chi connectivity index (χ1v) is 12.2. The highest BCUT2D eigenvalue weighted by atomic mass is 16.5. The Morgan fingerprint density at radius 2 is 1.47 bits per heavy atom. The Bertz CT molecular complexity index is 733. The van der Waals surface area contributed by atoms with Gasteiger partial charge in [-0.1, -0.05) is 87.4 Å². The van der Waals surface area contributed by atoms with Gasteiger partial charge in [-0.3, -0.25) is 0 Å². The second kappa shape index (κ2) is 12.7. The van der Waals surface area contributed by atoms with Gasteiger partial charge in [0.1, 0.15) is 0 Å². The van der Waals surface area contributed by atoms with Crippen molar-refractivity contribution in [3.63, 3.8) is 0 Å². The second-order valence-electron chi connectivity index (χ2n) is 8.91. The SMILES string of the molecule is CCC=CC[C@H]1CC[C@H](c2ccc(-c3ccc(COCCCCC)cc3)cc2)CC1. The van der Waals surface area contributed by atoms with E-state index in [2.05, 4.69) is 74.5 Å². The van der Waals surface area contributed by atoms with Gasteiger partial charge in [-0.05, 0) is 79.0 Å². The number of ether oxygens (including phenoxy) is 1. The first-order valence-electron chi connectivity index (χ1n) is 12.2. The summed E-state index contributed by atoms with van der Waals surface area (Å²) < 4.78 is 5.78. The highest BCUT2D eigenvalue weighted by molar-refractivity contribution is 5.64. The van der Waals surface area contributed by atoms with Crippen molar-refractivity contribution in [3.05, 3.63) is 71.8 Å². The van der Waals surface area contributed by atoms with Crippen molar-refractivity contribution in [3.8, 4) is 11.1 Å². The van der Waals surface area contributed by atoms with E-state index >= 15 is 0 Å². The van der Waals surface area contributed by atoms with Crippen LogP contribution in [0.4, 0.5) is 0 Å². The lowest BCUT2D eigenvalue weighted by Crippen LogP contribution is -2.12. The first kappa shape index (κ1) is 22.8. The molecule has 1 nitrogen and oxygen atoms in total. The van der Waals surface area contributed by atoms with Crippen LogP contribution < -0.4 is 0 Å². The summed E-state index contributed by atoms with van der Waals surface area (Å²) in [4.78, 5) is 0. The zero-order valence-corrected chi connectivity index (χ0v) is 19.1. The molecule has 3 rings (SSSR count). The van der Waals surface area contributed by atoms with Crippen molar-refractivity contribution < 1.29 is 4.74 Å². The number of rotatable bonds is 11. The van der Waals surface area contributed by atoms with Crippen LogP contribution in [0.1, 0.15) is 88.7 Å². The van der Waals surface area contributed by atoms with E-state index in [1.165, 1.54) is 73.6 Å². The fourth-order valence-corrected chi connectivity index (χ4v) is 4.57. The Morgan fingerprint density at radius 1 is 0.800 bits per heavy atom. The highest BCUT2D eigenvalue weighted by Crippen LogP contribution is 2.37. The van der Waals surface area contributed by atoms with Gasteiger partial charge in [0.2, 0.25) is 0 Å². The van der Waals surface area contributed by atoms with Crippen LogP contribution in [0.3, 0.4) is 0 Å². The molecule has 0 radical (unpaired) electrons. The van der Waals surface area contributed by atoms with Gasteiger partial charge in [0.15, 0.2) is 0 Å². The molecule has 0 atom stereocenters. The van der Waals surface area contributed by atoms with Crippen LogP contribution in [-0.2, 0) is 11.3 Å². The molecule has 1 aliphatic carbocycles. The molecule has 0 bridgehead atoms. The summed E-state index contributed by atoms with van der Waals surface area (Å²) in [6.45, 7) is 6.03. The minimum absolute atomic E-state index is 0.722. The molecule has 0 N–H and O–H groups in total. The molecular formula is C29H40O. The van der Waals surface area contributed by atoms with Crippen molar-refractivity contribution >= 4 is 0 Å². The number of unbranched alkanes of at least 4 members (excludes halogenated alkanes) is 2. The largest absolute Gasteiger partial charge is 0.377 e. The normalized spacial score (nSPS) is 19.4. The van der Waals surface area contributed by atoms with E-state index in [1.54, 1.807) is 0 Å². The van der Waals surface area contributed by atoms with Crippen molar-refractivity contribution in [1.82, 2.24) is 0 Å². The predicted octanol–water partition coefficient (Wildman–Crippen LogP) is 8.69. The molecule has 2 aromatic carbocycles. The molecule has 1 heteroatoms. The fraction of sp³-hybridized carbons (Fsp3) is 0.517. The Balaban J connectivity index is 1.48. The Kier molecular flexibility index (Phi) is 9.70. The molecule has 1 saturated carbocycles. The van der Waals surface area contributed by atoms with Gasteiger partial charge < -0.3 is 4.74 Å². The van der Waals surface area contributed by atoms with Crippen molar-refractivity contribution in [2.45, 2.75) is 84.2 Å². The van der Waals surface area contributed by atoms with E-state index in [-0.39, 0.29) is 0 Å². The van der Waals surface area contributed by atoms with Crippen molar-refractivity contribution in [1.29, 1.82) is 0 Å². The molecule has 30 heavy (non-hydrogen) atoms. The summed E-state index contributed by atoms with van der Waals surface area (Å²) in [6, 6.07) is 18.2.